The van der Waals surface area contributed by atoms with Crippen LogP contribution in [0.3, 0.4) is 0 Å². The minimum Gasteiger partial charge on any atom is -0.477 e. The van der Waals surface area contributed by atoms with Crippen molar-refractivity contribution in [1.82, 2.24) is 0 Å². The van der Waals surface area contributed by atoms with Crippen molar-refractivity contribution in [2.24, 2.45) is 0 Å². The number of nitrogens with zero attached hydrogens (tertiary/aromatic N) is 1. The van der Waals surface area contributed by atoms with Crippen molar-refractivity contribution in [3.05, 3.63) is 12.2 Å². The monoisotopic (exact) mass is 669 g/mol. The van der Waals surface area contributed by atoms with Gasteiger partial charge < -0.3 is 23.8 Å². The Balaban J connectivity index is 4.42. The zero-order chi connectivity index (χ0) is 35.0. The minimum atomic E-state index is -0.876. The molecule has 0 bridgehead atoms. The topological polar surface area (TPSA) is 99.1 Å². The lowest BCUT2D eigenvalue weighted by Crippen LogP contribution is -2.50. The Hall–Kier alpha value is -1.93. The van der Waals surface area contributed by atoms with Gasteiger partial charge in [-0.2, -0.15) is 0 Å². The zero-order valence-corrected chi connectivity index (χ0v) is 31.2. The molecular weight excluding hydrogens is 594 g/mol. The number of unbranched alkanes of at least 4 members (excludes halogenated alkanes) is 18. The molecule has 0 radical (unpaired) electrons. The van der Waals surface area contributed by atoms with E-state index in [4.69, 9.17) is 14.2 Å². The van der Waals surface area contributed by atoms with E-state index in [1.54, 1.807) is 0 Å². The van der Waals surface area contributed by atoms with E-state index >= 15 is 0 Å². The summed E-state index contributed by atoms with van der Waals surface area (Å²) in [4.78, 5) is 36.7. The average molecular weight is 669 g/mol. The normalized spacial score (nSPS) is 13.1. The lowest BCUT2D eigenvalue weighted by molar-refractivity contribution is -0.887. The molecule has 8 nitrogen and oxygen atoms in total. The van der Waals surface area contributed by atoms with E-state index in [2.05, 4.69) is 26.0 Å². The third-order valence-electron chi connectivity index (χ3n) is 8.66. The van der Waals surface area contributed by atoms with Crippen LogP contribution in [0.4, 0.5) is 0 Å². The Morgan fingerprint density at radius 3 is 1.55 bits per heavy atom. The molecule has 0 aromatic heterocycles. The molecule has 0 aliphatic rings. The summed E-state index contributed by atoms with van der Waals surface area (Å²) in [6, 6.07) is -0.610. The van der Waals surface area contributed by atoms with Gasteiger partial charge in [0.05, 0.1) is 34.4 Å². The number of aliphatic carboxylic acids is 1. The molecule has 0 aliphatic heterocycles. The first-order valence-corrected chi connectivity index (χ1v) is 19.2. The Kier molecular flexibility index (Phi) is 30.1. The fraction of sp³-hybridized carbons (Fsp3) is 0.872. The molecule has 0 aliphatic carbocycles. The SMILES string of the molecule is CCCCCCCC/C=C/CCCCCC(=O)OCC(COCCC(C(=O)O)[N+](C)(C)C)OC(=O)CCCCCCCCCCCC. The number of carbonyl (C=O) groups excluding carboxylic acids is 2. The van der Waals surface area contributed by atoms with Gasteiger partial charge >= 0.3 is 17.9 Å². The van der Waals surface area contributed by atoms with Gasteiger partial charge in [-0.15, -0.1) is 0 Å². The van der Waals surface area contributed by atoms with E-state index < -0.39 is 18.1 Å². The highest BCUT2D eigenvalue weighted by Gasteiger charge is 2.31. The van der Waals surface area contributed by atoms with E-state index in [0.717, 1.165) is 51.4 Å². The van der Waals surface area contributed by atoms with Crippen LogP contribution in [0, 0.1) is 0 Å². The molecular formula is C39H74NO7+. The third kappa shape index (κ3) is 29.9. The van der Waals surface area contributed by atoms with Gasteiger partial charge in [0.2, 0.25) is 0 Å². The van der Waals surface area contributed by atoms with Crippen molar-refractivity contribution in [3.63, 3.8) is 0 Å². The molecule has 0 fully saturated rings. The molecule has 0 spiro atoms. The number of carboxylic acids is 1. The second kappa shape index (κ2) is 31.3. The van der Waals surface area contributed by atoms with Crippen molar-refractivity contribution in [2.45, 2.75) is 180 Å². The number of likely N-dealkylation sites (N-methyl/N-ethyl adjacent to an activating group) is 1. The van der Waals surface area contributed by atoms with E-state index in [1.165, 1.54) is 83.5 Å². The smallest absolute Gasteiger partial charge is 0.362 e. The fourth-order valence-electron chi connectivity index (χ4n) is 5.61. The number of hydrogen-bond donors (Lipinski definition) is 1. The van der Waals surface area contributed by atoms with Crippen LogP contribution in [0.2, 0.25) is 0 Å². The quantitative estimate of drug-likeness (QED) is 0.0315. The van der Waals surface area contributed by atoms with Crippen molar-refractivity contribution >= 4 is 17.9 Å². The summed E-state index contributed by atoms with van der Waals surface area (Å²) < 4.78 is 17.2. The molecule has 0 aromatic rings. The van der Waals surface area contributed by atoms with Gasteiger partial charge in [-0.3, -0.25) is 9.59 Å². The number of carbonyl (C=O) groups is 3. The summed E-state index contributed by atoms with van der Waals surface area (Å²) >= 11 is 0. The molecule has 0 rings (SSSR count). The number of quaternary nitrogens is 1. The summed E-state index contributed by atoms with van der Waals surface area (Å²) in [5.74, 6) is -1.48. The molecule has 2 atom stereocenters. The van der Waals surface area contributed by atoms with Crippen molar-refractivity contribution in [1.29, 1.82) is 0 Å². The van der Waals surface area contributed by atoms with E-state index in [-0.39, 0.29) is 36.2 Å². The van der Waals surface area contributed by atoms with Gasteiger partial charge in [0.15, 0.2) is 12.1 Å². The first-order chi connectivity index (χ1) is 22.6. The number of hydrogen-bond acceptors (Lipinski definition) is 6. The van der Waals surface area contributed by atoms with Gasteiger partial charge in [0, 0.05) is 19.3 Å². The molecule has 1 N–H and O–H groups in total. The number of esters is 2. The largest absolute Gasteiger partial charge is 0.477 e. The summed E-state index contributed by atoms with van der Waals surface area (Å²) in [5.41, 5.74) is 0. The summed E-state index contributed by atoms with van der Waals surface area (Å²) in [7, 11) is 5.51. The number of allylic oxidation sites excluding steroid dienone is 2. The van der Waals surface area contributed by atoms with Crippen molar-refractivity contribution in [2.75, 3.05) is 41.0 Å². The molecule has 276 valence electrons. The molecule has 2 unspecified atom stereocenters. The van der Waals surface area contributed by atoms with Crippen LogP contribution in [-0.2, 0) is 28.6 Å². The molecule has 0 aromatic carbocycles. The zero-order valence-electron chi connectivity index (χ0n) is 31.2. The van der Waals surface area contributed by atoms with Gasteiger partial charge in [-0.1, -0.05) is 122 Å². The van der Waals surface area contributed by atoms with E-state index in [9.17, 15) is 19.5 Å². The first-order valence-electron chi connectivity index (χ1n) is 19.2. The fourth-order valence-corrected chi connectivity index (χ4v) is 5.61. The molecule has 0 saturated heterocycles. The predicted molar refractivity (Wildman–Crippen MR) is 192 cm³/mol. The molecule has 8 heteroatoms. The molecule has 47 heavy (non-hydrogen) atoms. The maximum atomic E-state index is 12.6. The highest BCUT2D eigenvalue weighted by molar-refractivity contribution is 5.72. The standard InChI is InChI=1S/C39H73NO7/c1-6-8-10-12-14-16-18-19-20-22-23-25-27-29-37(41)46-34-35(33-45-32-31-36(39(43)44)40(3,4)5)47-38(42)30-28-26-24-21-17-15-13-11-9-7-2/h19-20,35-36H,6-18,21-34H2,1-5H3/p+1/b20-19+. The van der Waals surface area contributed by atoms with Crippen LogP contribution in [0.1, 0.15) is 168 Å². The Morgan fingerprint density at radius 2 is 1.06 bits per heavy atom. The summed E-state index contributed by atoms with van der Waals surface area (Å²) in [5, 5.41) is 9.57. The maximum absolute atomic E-state index is 12.6. The molecule has 0 heterocycles. The van der Waals surface area contributed by atoms with Crippen LogP contribution in [0.25, 0.3) is 0 Å². The van der Waals surface area contributed by atoms with E-state index in [0.29, 0.717) is 19.3 Å². The van der Waals surface area contributed by atoms with E-state index in [1.807, 2.05) is 21.1 Å². The highest BCUT2D eigenvalue weighted by atomic mass is 16.6. The van der Waals surface area contributed by atoms with Crippen LogP contribution in [0.15, 0.2) is 12.2 Å². The highest BCUT2D eigenvalue weighted by Crippen LogP contribution is 2.14. The Bertz CT molecular complexity index is 793. The lowest BCUT2D eigenvalue weighted by atomic mass is 10.1. The summed E-state index contributed by atoms with van der Waals surface area (Å²) in [6.45, 7) is 4.69. The maximum Gasteiger partial charge on any atom is 0.362 e. The van der Waals surface area contributed by atoms with Crippen molar-refractivity contribution in [3.8, 4) is 0 Å². The second-order valence-electron chi connectivity index (χ2n) is 14.2. The van der Waals surface area contributed by atoms with Crippen molar-refractivity contribution < 1.29 is 38.2 Å². The van der Waals surface area contributed by atoms with Crippen LogP contribution >= 0.6 is 0 Å². The predicted octanol–water partition coefficient (Wildman–Crippen LogP) is 9.58. The first kappa shape index (κ1) is 45.1. The minimum absolute atomic E-state index is 0.0541. The van der Waals surface area contributed by atoms with Gasteiger partial charge in [0.1, 0.15) is 6.61 Å². The molecule has 0 amide bonds. The summed E-state index contributed by atoms with van der Waals surface area (Å²) in [6.07, 6.45) is 29.6. The average Bonchev–Trinajstić information content (AvgIpc) is 3.01. The van der Waals surface area contributed by atoms with Crippen LogP contribution in [-0.4, -0.2) is 80.6 Å². The number of ether oxygens (including phenoxy) is 3. The number of carboxylic acid groups (broad SMARTS) is 1. The van der Waals surface area contributed by atoms with Crippen LogP contribution in [0.5, 0.6) is 0 Å². The van der Waals surface area contributed by atoms with Gasteiger partial charge in [-0.05, 0) is 38.5 Å². The Morgan fingerprint density at radius 1 is 0.617 bits per heavy atom. The van der Waals surface area contributed by atoms with Crippen LogP contribution < -0.4 is 0 Å². The Labute approximate surface area is 289 Å². The second-order valence-corrected chi connectivity index (χ2v) is 14.2. The van der Waals surface area contributed by atoms with Gasteiger partial charge in [-0.25, -0.2) is 4.79 Å². The lowest BCUT2D eigenvalue weighted by Gasteiger charge is -2.31. The molecule has 0 saturated carbocycles. The third-order valence-corrected chi connectivity index (χ3v) is 8.66. The van der Waals surface area contributed by atoms with Gasteiger partial charge in [0.25, 0.3) is 0 Å². The number of rotatable bonds is 34.